The van der Waals surface area contributed by atoms with Gasteiger partial charge in [-0.2, -0.15) is 0 Å². The van der Waals surface area contributed by atoms with Crippen molar-refractivity contribution in [2.75, 3.05) is 13.7 Å². The summed E-state index contributed by atoms with van der Waals surface area (Å²) in [6.45, 7) is 0.797. The number of amides is 1. The highest BCUT2D eigenvalue weighted by Gasteiger charge is 2.15. The number of hydrogen-bond donors (Lipinski definition) is 1. The Balaban J connectivity index is 1.64. The molecule has 0 spiro atoms. The third-order valence-corrected chi connectivity index (χ3v) is 4.28. The molecule has 1 amide bonds. The van der Waals surface area contributed by atoms with Crippen LogP contribution in [0.25, 0.3) is 0 Å². The number of ether oxygens (including phenoxy) is 1. The summed E-state index contributed by atoms with van der Waals surface area (Å²) in [5.74, 6) is 1.54. The number of Topliss-reactive ketones (excluding diaryl/α,β-unsaturated/α-hetero) is 1. The molecule has 0 bridgehead atoms. The van der Waals surface area contributed by atoms with Gasteiger partial charge in [0.25, 0.3) is 0 Å². The van der Waals surface area contributed by atoms with Gasteiger partial charge < -0.3 is 10.1 Å². The lowest BCUT2D eigenvalue weighted by molar-refractivity contribution is -0.121. The first-order chi connectivity index (χ1) is 10.7. The zero-order valence-corrected chi connectivity index (χ0v) is 13.3. The molecule has 1 aliphatic carbocycles. The van der Waals surface area contributed by atoms with Gasteiger partial charge in [-0.25, -0.2) is 0 Å². The first-order valence-corrected chi connectivity index (χ1v) is 8.13. The van der Waals surface area contributed by atoms with Gasteiger partial charge in [-0.15, -0.1) is 0 Å². The molecule has 0 radical (unpaired) electrons. The van der Waals surface area contributed by atoms with Crippen LogP contribution in [0.1, 0.15) is 55.3 Å². The summed E-state index contributed by atoms with van der Waals surface area (Å²) in [5.41, 5.74) is 0.673. The van der Waals surface area contributed by atoms with E-state index in [-0.39, 0.29) is 11.7 Å². The second-order valence-electron chi connectivity index (χ2n) is 5.96. The van der Waals surface area contributed by atoms with Gasteiger partial charge in [-0.1, -0.05) is 12.8 Å². The molecule has 0 saturated heterocycles. The summed E-state index contributed by atoms with van der Waals surface area (Å²) in [4.78, 5) is 23.8. The molecule has 0 atom stereocenters. The van der Waals surface area contributed by atoms with Crippen LogP contribution in [-0.4, -0.2) is 25.3 Å². The molecule has 1 N–H and O–H groups in total. The van der Waals surface area contributed by atoms with Crippen LogP contribution in [-0.2, 0) is 4.79 Å². The Morgan fingerprint density at radius 3 is 2.45 bits per heavy atom. The molecule has 1 aliphatic rings. The molecule has 0 unspecified atom stereocenters. The molecule has 1 saturated carbocycles. The molecule has 1 aromatic carbocycles. The maximum atomic E-state index is 12.0. The molecule has 22 heavy (non-hydrogen) atoms. The van der Waals surface area contributed by atoms with E-state index in [9.17, 15) is 9.59 Å². The van der Waals surface area contributed by atoms with Crippen molar-refractivity contribution in [2.24, 2.45) is 5.92 Å². The van der Waals surface area contributed by atoms with Gasteiger partial charge in [0.15, 0.2) is 5.78 Å². The molecular formula is C18H25NO3. The van der Waals surface area contributed by atoms with Crippen molar-refractivity contribution in [2.45, 2.75) is 44.9 Å². The fourth-order valence-electron chi connectivity index (χ4n) is 2.89. The van der Waals surface area contributed by atoms with E-state index in [2.05, 4.69) is 5.32 Å². The van der Waals surface area contributed by atoms with E-state index in [1.54, 1.807) is 31.4 Å². The Kier molecular flexibility index (Phi) is 6.44. The quantitative estimate of drug-likeness (QED) is 0.749. The summed E-state index contributed by atoms with van der Waals surface area (Å²) in [5, 5.41) is 2.99. The minimum atomic E-state index is 0.0643. The van der Waals surface area contributed by atoms with E-state index < -0.39 is 0 Å². The van der Waals surface area contributed by atoms with Crippen LogP contribution in [0.5, 0.6) is 5.75 Å². The summed E-state index contributed by atoms with van der Waals surface area (Å²) in [6, 6.07) is 7.09. The number of nitrogens with one attached hydrogen (secondary N) is 1. The lowest BCUT2D eigenvalue weighted by atomic mass is 10.0. The normalized spacial score (nSPS) is 14.8. The highest BCUT2D eigenvalue weighted by Crippen LogP contribution is 2.23. The van der Waals surface area contributed by atoms with Crippen LogP contribution in [0.4, 0.5) is 0 Å². The molecule has 0 aliphatic heterocycles. The molecule has 120 valence electrons. The topological polar surface area (TPSA) is 55.4 Å². The van der Waals surface area contributed by atoms with Crippen molar-refractivity contribution in [3.8, 4) is 5.75 Å². The first kappa shape index (κ1) is 16.5. The molecule has 4 heteroatoms. The van der Waals surface area contributed by atoms with Crippen LogP contribution < -0.4 is 10.1 Å². The third-order valence-electron chi connectivity index (χ3n) is 4.28. The maximum absolute atomic E-state index is 12.0. The van der Waals surface area contributed by atoms with Crippen molar-refractivity contribution in [3.63, 3.8) is 0 Å². The van der Waals surface area contributed by atoms with Gasteiger partial charge in [-0.3, -0.25) is 9.59 Å². The number of benzene rings is 1. The smallest absolute Gasteiger partial charge is 0.220 e. The number of carbonyl (C=O) groups is 2. The molecule has 0 heterocycles. The number of carbonyl (C=O) groups excluding carboxylic acids is 2. The lowest BCUT2D eigenvalue weighted by Crippen LogP contribution is -2.28. The van der Waals surface area contributed by atoms with Crippen LogP contribution in [0.3, 0.4) is 0 Å². The van der Waals surface area contributed by atoms with Crippen molar-refractivity contribution in [1.82, 2.24) is 5.32 Å². The van der Waals surface area contributed by atoms with Crippen molar-refractivity contribution >= 4 is 11.7 Å². The van der Waals surface area contributed by atoms with E-state index in [0.29, 0.717) is 30.7 Å². The van der Waals surface area contributed by atoms with E-state index in [1.165, 1.54) is 25.7 Å². The van der Waals surface area contributed by atoms with Crippen LogP contribution in [0.15, 0.2) is 24.3 Å². The van der Waals surface area contributed by atoms with Gasteiger partial charge in [0.2, 0.25) is 5.91 Å². The van der Waals surface area contributed by atoms with E-state index >= 15 is 0 Å². The Morgan fingerprint density at radius 1 is 1.14 bits per heavy atom. The monoisotopic (exact) mass is 303 g/mol. The second kappa shape index (κ2) is 8.57. The third kappa shape index (κ3) is 5.17. The number of rotatable bonds is 8. The average molecular weight is 303 g/mol. The Labute approximate surface area is 132 Å². The first-order valence-electron chi connectivity index (χ1n) is 8.13. The fraction of sp³-hybridized carbons (Fsp3) is 0.556. The Hall–Kier alpha value is -1.84. The predicted molar refractivity (Wildman–Crippen MR) is 86.1 cm³/mol. The minimum Gasteiger partial charge on any atom is -0.497 e. The fourth-order valence-corrected chi connectivity index (χ4v) is 2.89. The molecule has 1 fully saturated rings. The number of hydrogen-bond acceptors (Lipinski definition) is 3. The van der Waals surface area contributed by atoms with E-state index in [1.807, 2.05) is 0 Å². The summed E-state index contributed by atoms with van der Waals surface area (Å²) < 4.78 is 5.07. The second-order valence-corrected chi connectivity index (χ2v) is 5.96. The summed E-state index contributed by atoms with van der Waals surface area (Å²) in [7, 11) is 1.60. The molecule has 1 aromatic rings. The molecular weight excluding hydrogens is 278 g/mol. The highest BCUT2D eigenvalue weighted by molar-refractivity contribution is 5.96. The Morgan fingerprint density at radius 2 is 1.82 bits per heavy atom. The zero-order valence-electron chi connectivity index (χ0n) is 13.3. The van der Waals surface area contributed by atoms with Gasteiger partial charge in [0.05, 0.1) is 7.11 Å². The van der Waals surface area contributed by atoms with Crippen molar-refractivity contribution < 1.29 is 14.3 Å². The van der Waals surface area contributed by atoms with Crippen LogP contribution in [0.2, 0.25) is 0 Å². The summed E-state index contributed by atoms with van der Waals surface area (Å²) in [6.07, 6.45) is 6.47. The minimum absolute atomic E-state index is 0.0643. The highest BCUT2D eigenvalue weighted by atomic mass is 16.5. The molecule has 4 nitrogen and oxygen atoms in total. The number of ketones is 1. The van der Waals surface area contributed by atoms with Gasteiger partial charge in [0.1, 0.15) is 5.75 Å². The van der Waals surface area contributed by atoms with Crippen LogP contribution >= 0.6 is 0 Å². The predicted octanol–water partition coefficient (Wildman–Crippen LogP) is 3.35. The van der Waals surface area contributed by atoms with Gasteiger partial charge >= 0.3 is 0 Å². The van der Waals surface area contributed by atoms with Gasteiger partial charge in [0, 0.05) is 24.9 Å². The molecule has 0 aromatic heterocycles. The summed E-state index contributed by atoms with van der Waals surface area (Å²) >= 11 is 0. The lowest BCUT2D eigenvalue weighted by Gasteiger charge is -2.10. The Bertz CT molecular complexity index is 490. The van der Waals surface area contributed by atoms with E-state index in [4.69, 9.17) is 4.74 Å². The SMILES string of the molecule is COc1ccc(C(=O)CCCC(=O)NCC2CCCC2)cc1. The van der Waals surface area contributed by atoms with Crippen molar-refractivity contribution in [1.29, 1.82) is 0 Å². The van der Waals surface area contributed by atoms with Crippen LogP contribution in [0, 0.1) is 5.92 Å². The van der Waals surface area contributed by atoms with E-state index in [0.717, 1.165) is 12.3 Å². The largest absolute Gasteiger partial charge is 0.497 e. The van der Waals surface area contributed by atoms with Gasteiger partial charge in [-0.05, 0) is 49.4 Å². The average Bonchev–Trinajstić information content (AvgIpc) is 3.06. The zero-order chi connectivity index (χ0) is 15.8. The maximum Gasteiger partial charge on any atom is 0.220 e. The number of methoxy groups -OCH3 is 1. The molecule has 2 rings (SSSR count). The standard InChI is InChI=1S/C18H25NO3/c1-22-16-11-9-15(10-12-16)17(20)7-4-8-18(21)19-13-14-5-2-3-6-14/h9-12,14H,2-8,13H2,1H3,(H,19,21). The van der Waals surface area contributed by atoms with Crippen molar-refractivity contribution in [3.05, 3.63) is 29.8 Å².